The molecule has 2 N–H and O–H groups in total. The molecule has 1 amide bonds. The number of nitrogens with two attached hydrogens (primary N) is 1. The first-order valence-corrected chi connectivity index (χ1v) is 9.35. The second-order valence-corrected chi connectivity index (χ2v) is 7.82. The van der Waals surface area contributed by atoms with Crippen LogP contribution in [0.5, 0.6) is 0 Å². The summed E-state index contributed by atoms with van der Waals surface area (Å²) in [5.74, 6) is -0.127. The van der Waals surface area contributed by atoms with E-state index in [-0.39, 0.29) is 17.7 Å². The van der Waals surface area contributed by atoms with Crippen LogP contribution in [0.2, 0.25) is 0 Å². The summed E-state index contributed by atoms with van der Waals surface area (Å²) in [4.78, 5) is 15.8. The molecule has 3 aliphatic heterocycles. The fourth-order valence-electron chi connectivity index (χ4n) is 4.76. The van der Waals surface area contributed by atoms with Crippen LogP contribution >= 0.6 is 0 Å². The molecule has 6 nitrogen and oxygen atoms in total. The summed E-state index contributed by atoms with van der Waals surface area (Å²) >= 11 is 0. The number of methoxy groups -OCH3 is 1. The highest BCUT2D eigenvalue weighted by Crippen LogP contribution is 2.36. The molecule has 0 radical (unpaired) electrons. The van der Waals surface area contributed by atoms with Crippen molar-refractivity contribution in [3.05, 3.63) is 35.4 Å². The van der Waals surface area contributed by atoms with E-state index >= 15 is 0 Å². The fraction of sp³-hybridized carbons (Fsp3) is 0.632. The Morgan fingerprint density at radius 3 is 2.56 bits per heavy atom. The SMILES string of the molecule is COC(=O)N1CC2CN(C3COC(c4cc(F)ccc4F)C(N)C3)CC2C1. The van der Waals surface area contributed by atoms with E-state index < -0.39 is 23.8 Å². The summed E-state index contributed by atoms with van der Waals surface area (Å²) < 4.78 is 38.2. The number of fused-ring (bicyclic) bond motifs is 1. The molecular formula is C19H25F2N3O3. The van der Waals surface area contributed by atoms with Gasteiger partial charge in [-0.1, -0.05) is 0 Å². The average Bonchev–Trinajstić information content (AvgIpc) is 3.22. The Balaban J connectivity index is 1.36. The van der Waals surface area contributed by atoms with Crippen LogP contribution in [0.15, 0.2) is 18.2 Å². The van der Waals surface area contributed by atoms with Gasteiger partial charge in [0.15, 0.2) is 0 Å². The van der Waals surface area contributed by atoms with Crippen LogP contribution in [0, 0.1) is 23.5 Å². The van der Waals surface area contributed by atoms with Gasteiger partial charge in [0.1, 0.15) is 17.7 Å². The Morgan fingerprint density at radius 1 is 1.22 bits per heavy atom. The third kappa shape index (κ3) is 3.53. The average molecular weight is 381 g/mol. The van der Waals surface area contributed by atoms with Crippen molar-refractivity contribution >= 4 is 6.09 Å². The zero-order valence-electron chi connectivity index (χ0n) is 15.3. The van der Waals surface area contributed by atoms with Gasteiger partial charge in [0.2, 0.25) is 0 Å². The van der Waals surface area contributed by atoms with E-state index in [0.29, 0.717) is 38.0 Å². The molecule has 3 aliphatic rings. The molecule has 1 aromatic rings. The molecule has 5 unspecified atom stereocenters. The minimum absolute atomic E-state index is 0.157. The molecule has 0 spiro atoms. The summed E-state index contributed by atoms with van der Waals surface area (Å²) in [6.07, 6.45) is -0.228. The highest BCUT2D eigenvalue weighted by atomic mass is 19.1. The van der Waals surface area contributed by atoms with E-state index in [1.807, 2.05) is 0 Å². The molecule has 0 bridgehead atoms. The largest absolute Gasteiger partial charge is 0.453 e. The van der Waals surface area contributed by atoms with E-state index in [9.17, 15) is 13.6 Å². The second kappa shape index (κ2) is 7.33. The molecule has 0 aliphatic carbocycles. The molecule has 0 saturated carbocycles. The van der Waals surface area contributed by atoms with Gasteiger partial charge >= 0.3 is 6.09 Å². The first kappa shape index (κ1) is 18.6. The van der Waals surface area contributed by atoms with Crippen molar-refractivity contribution < 1.29 is 23.0 Å². The summed E-state index contributed by atoms with van der Waals surface area (Å²) in [6.45, 7) is 3.64. The Kier molecular flexibility index (Phi) is 5.05. The third-order valence-corrected chi connectivity index (χ3v) is 6.13. The van der Waals surface area contributed by atoms with Gasteiger partial charge in [-0.25, -0.2) is 13.6 Å². The minimum Gasteiger partial charge on any atom is -0.453 e. The minimum atomic E-state index is -0.631. The van der Waals surface area contributed by atoms with Crippen molar-refractivity contribution in [2.45, 2.75) is 24.6 Å². The zero-order chi connectivity index (χ0) is 19.1. The predicted molar refractivity (Wildman–Crippen MR) is 94.0 cm³/mol. The fourth-order valence-corrected chi connectivity index (χ4v) is 4.76. The van der Waals surface area contributed by atoms with Crippen LogP contribution < -0.4 is 5.73 Å². The second-order valence-electron chi connectivity index (χ2n) is 7.82. The topological polar surface area (TPSA) is 68.0 Å². The maximum atomic E-state index is 14.1. The first-order valence-electron chi connectivity index (χ1n) is 9.35. The Labute approximate surface area is 157 Å². The summed E-state index contributed by atoms with van der Waals surface area (Å²) in [7, 11) is 1.40. The predicted octanol–water partition coefficient (Wildman–Crippen LogP) is 1.75. The smallest absolute Gasteiger partial charge is 0.409 e. The van der Waals surface area contributed by atoms with Gasteiger partial charge in [-0.05, 0) is 36.5 Å². The van der Waals surface area contributed by atoms with E-state index in [0.717, 1.165) is 25.2 Å². The number of nitrogens with zero attached hydrogens (tertiary/aromatic N) is 2. The molecule has 3 heterocycles. The number of carbonyl (C=O) groups excluding carboxylic acids is 1. The maximum absolute atomic E-state index is 14.1. The van der Waals surface area contributed by atoms with Crippen molar-refractivity contribution in [2.24, 2.45) is 17.6 Å². The number of halogens is 2. The van der Waals surface area contributed by atoms with E-state index in [2.05, 4.69) is 4.90 Å². The van der Waals surface area contributed by atoms with Crippen molar-refractivity contribution in [2.75, 3.05) is 39.9 Å². The van der Waals surface area contributed by atoms with Crippen molar-refractivity contribution in [1.82, 2.24) is 9.80 Å². The van der Waals surface area contributed by atoms with Crippen LogP contribution in [0.3, 0.4) is 0 Å². The van der Waals surface area contributed by atoms with Gasteiger partial charge in [0.05, 0.1) is 13.7 Å². The van der Waals surface area contributed by atoms with Gasteiger partial charge in [0, 0.05) is 43.8 Å². The summed E-state index contributed by atoms with van der Waals surface area (Å²) in [5.41, 5.74) is 6.46. The van der Waals surface area contributed by atoms with Crippen molar-refractivity contribution in [3.8, 4) is 0 Å². The number of amides is 1. The highest BCUT2D eigenvalue weighted by molar-refractivity contribution is 5.67. The van der Waals surface area contributed by atoms with Crippen molar-refractivity contribution in [3.63, 3.8) is 0 Å². The molecule has 8 heteroatoms. The van der Waals surface area contributed by atoms with E-state index in [1.165, 1.54) is 13.2 Å². The lowest BCUT2D eigenvalue weighted by Gasteiger charge is -2.39. The lowest BCUT2D eigenvalue weighted by molar-refractivity contribution is -0.0488. The van der Waals surface area contributed by atoms with Gasteiger partial charge in [-0.15, -0.1) is 0 Å². The molecule has 4 rings (SSSR count). The number of carbonyl (C=O) groups is 1. The molecule has 5 atom stereocenters. The van der Waals surface area contributed by atoms with Crippen LogP contribution in [0.25, 0.3) is 0 Å². The molecule has 148 valence electrons. The third-order valence-electron chi connectivity index (χ3n) is 6.13. The lowest BCUT2D eigenvalue weighted by atomic mass is 9.93. The number of ether oxygens (including phenoxy) is 2. The number of hydrogen-bond donors (Lipinski definition) is 1. The normalized spacial score (nSPS) is 33.9. The Bertz CT molecular complexity index is 705. The van der Waals surface area contributed by atoms with Gasteiger partial charge in [0.25, 0.3) is 0 Å². The molecule has 3 saturated heterocycles. The molecule has 3 fully saturated rings. The van der Waals surface area contributed by atoms with Gasteiger partial charge < -0.3 is 20.1 Å². The summed E-state index contributed by atoms with van der Waals surface area (Å²) in [6, 6.07) is 3.14. The molecule has 1 aromatic carbocycles. The molecule has 0 aromatic heterocycles. The number of hydrogen-bond acceptors (Lipinski definition) is 5. The summed E-state index contributed by atoms with van der Waals surface area (Å²) in [5, 5.41) is 0. The number of likely N-dealkylation sites (tertiary alicyclic amines) is 2. The van der Waals surface area contributed by atoms with Crippen molar-refractivity contribution in [1.29, 1.82) is 0 Å². The Hall–Kier alpha value is -1.77. The van der Waals surface area contributed by atoms with Gasteiger partial charge in [-0.3, -0.25) is 4.90 Å². The standard InChI is InChI=1S/C19H25F2N3O3/c1-26-19(25)24-8-11-6-23(7-12(11)9-24)14-5-17(22)18(27-10-14)15-4-13(20)2-3-16(15)21/h2-4,11-12,14,17-18H,5-10,22H2,1H3. The molecular weight excluding hydrogens is 356 g/mol. The monoisotopic (exact) mass is 381 g/mol. The lowest BCUT2D eigenvalue weighted by Crippen LogP contribution is -2.49. The maximum Gasteiger partial charge on any atom is 0.409 e. The van der Waals surface area contributed by atoms with Crippen LogP contribution in [-0.2, 0) is 9.47 Å². The van der Waals surface area contributed by atoms with Crippen LogP contribution in [0.4, 0.5) is 13.6 Å². The van der Waals surface area contributed by atoms with Crippen LogP contribution in [0.1, 0.15) is 18.1 Å². The number of benzene rings is 1. The van der Waals surface area contributed by atoms with Crippen LogP contribution in [-0.4, -0.2) is 67.9 Å². The number of rotatable bonds is 2. The zero-order valence-corrected chi connectivity index (χ0v) is 15.3. The first-order chi connectivity index (χ1) is 13.0. The highest BCUT2D eigenvalue weighted by Gasteiger charge is 2.45. The van der Waals surface area contributed by atoms with E-state index in [1.54, 1.807) is 4.90 Å². The van der Waals surface area contributed by atoms with E-state index in [4.69, 9.17) is 15.2 Å². The molecule has 27 heavy (non-hydrogen) atoms. The quantitative estimate of drug-likeness (QED) is 0.846. The Morgan fingerprint density at radius 2 is 1.93 bits per heavy atom. The van der Waals surface area contributed by atoms with Gasteiger partial charge in [-0.2, -0.15) is 0 Å².